The molecule has 0 saturated carbocycles. The fourth-order valence-corrected chi connectivity index (χ4v) is 3.61. The number of benzene rings is 1. The van der Waals surface area contributed by atoms with E-state index in [9.17, 15) is 4.79 Å². The molecule has 21 heavy (non-hydrogen) atoms. The molecule has 1 unspecified atom stereocenters. The highest BCUT2D eigenvalue weighted by Gasteiger charge is 2.18. The molecule has 1 aliphatic heterocycles. The molecule has 1 fully saturated rings. The van der Waals surface area contributed by atoms with Crippen LogP contribution in [0.2, 0.25) is 0 Å². The second-order valence-electron chi connectivity index (χ2n) is 5.43. The molecule has 1 atom stereocenters. The molecule has 1 saturated heterocycles. The summed E-state index contributed by atoms with van der Waals surface area (Å²) < 4.78 is 5.65. The number of hydrogen-bond acceptors (Lipinski definition) is 3. The molecule has 0 bridgehead atoms. The normalized spacial score (nSPS) is 18.1. The lowest BCUT2D eigenvalue weighted by molar-refractivity contribution is 0.0931. The predicted molar refractivity (Wildman–Crippen MR) is 88.0 cm³/mol. The Morgan fingerprint density at radius 2 is 2.14 bits per heavy atom. The van der Waals surface area contributed by atoms with E-state index >= 15 is 0 Å². The van der Waals surface area contributed by atoms with Gasteiger partial charge in [0.2, 0.25) is 0 Å². The van der Waals surface area contributed by atoms with E-state index in [1.807, 2.05) is 24.3 Å². The third kappa shape index (κ3) is 4.75. The van der Waals surface area contributed by atoms with Crippen molar-refractivity contribution in [2.45, 2.75) is 56.6 Å². The molecule has 116 valence electrons. The van der Waals surface area contributed by atoms with Gasteiger partial charge in [-0.15, -0.1) is 11.8 Å². The maximum absolute atomic E-state index is 12.4. The van der Waals surface area contributed by atoms with E-state index in [-0.39, 0.29) is 11.9 Å². The van der Waals surface area contributed by atoms with Crippen molar-refractivity contribution in [3.05, 3.63) is 29.8 Å². The zero-order valence-corrected chi connectivity index (χ0v) is 13.7. The number of rotatable bonds is 7. The molecule has 4 heteroatoms. The minimum Gasteiger partial charge on any atom is -0.377 e. The average molecular weight is 307 g/mol. The van der Waals surface area contributed by atoms with E-state index in [1.54, 1.807) is 11.8 Å². The van der Waals surface area contributed by atoms with Crippen molar-refractivity contribution >= 4 is 17.7 Å². The summed E-state index contributed by atoms with van der Waals surface area (Å²) in [4.78, 5) is 13.5. The van der Waals surface area contributed by atoms with Crippen molar-refractivity contribution in [3.8, 4) is 0 Å². The smallest absolute Gasteiger partial charge is 0.252 e. The molecule has 0 spiro atoms. The molecule has 0 radical (unpaired) electrons. The van der Waals surface area contributed by atoms with Gasteiger partial charge in [-0.1, -0.05) is 26.0 Å². The highest BCUT2D eigenvalue weighted by atomic mass is 32.2. The quantitative estimate of drug-likeness (QED) is 0.777. The van der Waals surface area contributed by atoms with Crippen molar-refractivity contribution in [1.82, 2.24) is 5.32 Å². The maximum atomic E-state index is 12.4. The molecular weight excluding hydrogens is 282 g/mol. The minimum atomic E-state index is 0.0409. The number of carbonyl (C=O) groups is 1. The van der Waals surface area contributed by atoms with Gasteiger partial charge < -0.3 is 10.1 Å². The number of hydrogen-bond donors (Lipinski definition) is 1. The number of ether oxygens (including phenoxy) is 1. The van der Waals surface area contributed by atoms with Crippen molar-refractivity contribution < 1.29 is 9.53 Å². The number of thioether (sulfide) groups is 1. The summed E-state index contributed by atoms with van der Waals surface area (Å²) in [7, 11) is 0. The highest BCUT2D eigenvalue weighted by Crippen LogP contribution is 2.26. The van der Waals surface area contributed by atoms with Crippen LogP contribution in [-0.4, -0.2) is 30.4 Å². The molecule has 2 rings (SSSR count). The van der Waals surface area contributed by atoms with Gasteiger partial charge in [0.25, 0.3) is 5.91 Å². The molecule has 1 aromatic rings. The summed E-state index contributed by atoms with van der Waals surface area (Å²) in [6.07, 6.45) is 4.56. The molecular formula is C17H25NO2S. The number of carbonyl (C=O) groups excluding carboxylic acids is 1. The molecule has 1 N–H and O–H groups in total. The summed E-state index contributed by atoms with van der Waals surface area (Å²) in [5.41, 5.74) is 0.785. The first-order valence-corrected chi connectivity index (χ1v) is 8.87. The zero-order valence-electron chi connectivity index (χ0n) is 12.9. The highest BCUT2D eigenvalue weighted by molar-refractivity contribution is 7.99. The van der Waals surface area contributed by atoms with Gasteiger partial charge in [-0.25, -0.2) is 0 Å². The van der Waals surface area contributed by atoms with Gasteiger partial charge in [-0.3, -0.25) is 4.79 Å². The van der Waals surface area contributed by atoms with Gasteiger partial charge in [0.05, 0.1) is 11.7 Å². The van der Waals surface area contributed by atoms with E-state index in [0.29, 0.717) is 6.10 Å². The van der Waals surface area contributed by atoms with Crippen molar-refractivity contribution in [2.24, 2.45) is 0 Å². The topological polar surface area (TPSA) is 38.3 Å². The first-order valence-electron chi connectivity index (χ1n) is 7.88. The van der Waals surface area contributed by atoms with Crippen molar-refractivity contribution in [1.29, 1.82) is 0 Å². The standard InChI is InChI=1S/C17H25NO2S/c1-3-13(4-2)18-17(19)15-9-5-6-10-16(15)21-12-14-8-7-11-20-14/h5-6,9-10,13-14H,3-4,7-8,11-12H2,1-2H3,(H,18,19). The molecule has 1 aromatic carbocycles. The predicted octanol–water partition coefficient (Wildman–Crippen LogP) is 3.88. The second-order valence-corrected chi connectivity index (χ2v) is 6.49. The van der Waals surface area contributed by atoms with Gasteiger partial charge in [0.1, 0.15) is 0 Å². The number of amides is 1. The van der Waals surface area contributed by atoms with Crippen LogP contribution in [0.5, 0.6) is 0 Å². The van der Waals surface area contributed by atoms with Crippen LogP contribution in [0.15, 0.2) is 29.2 Å². The Morgan fingerprint density at radius 3 is 2.81 bits per heavy atom. The van der Waals surface area contributed by atoms with Crippen LogP contribution in [0.4, 0.5) is 0 Å². The summed E-state index contributed by atoms with van der Waals surface area (Å²) in [5.74, 6) is 0.967. The van der Waals surface area contributed by atoms with E-state index in [0.717, 1.165) is 48.5 Å². The van der Waals surface area contributed by atoms with Gasteiger partial charge in [0, 0.05) is 23.3 Å². The largest absolute Gasteiger partial charge is 0.377 e. The lowest BCUT2D eigenvalue weighted by atomic mass is 10.1. The van der Waals surface area contributed by atoms with Crippen LogP contribution in [0, 0.1) is 0 Å². The fraction of sp³-hybridized carbons (Fsp3) is 0.588. The molecule has 3 nitrogen and oxygen atoms in total. The monoisotopic (exact) mass is 307 g/mol. The van der Waals surface area contributed by atoms with Gasteiger partial charge in [-0.2, -0.15) is 0 Å². The Labute approximate surface area is 131 Å². The maximum Gasteiger partial charge on any atom is 0.252 e. The Kier molecular flexibility index (Phi) is 6.58. The van der Waals surface area contributed by atoms with Gasteiger partial charge in [-0.05, 0) is 37.8 Å². The Bertz CT molecular complexity index is 454. The molecule has 1 amide bonds. The summed E-state index contributed by atoms with van der Waals surface area (Å²) >= 11 is 1.73. The molecule has 0 aliphatic carbocycles. The Balaban J connectivity index is 1.99. The fourth-order valence-electron chi connectivity index (χ4n) is 2.49. The third-order valence-corrected chi connectivity index (χ3v) is 5.11. The lowest BCUT2D eigenvalue weighted by Gasteiger charge is -2.17. The van der Waals surface area contributed by atoms with Gasteiger partial charge >= 0.3 is 0 Å². The van der Waals surface area contributed by atoms with Crippen LogP contribution < -0.4 is 5.32 Å². The number of nitrogens with one attached hydrogen (secondary N) is 1. The third-order valence-electron chi connectivity index (χ3n) is 3.90. The lowest BCUT2D eigenvalue weighted by Crippen LogP contribution is -2.34. The molecule has 1 heterocycles. The van der Waals surface area contributed by atoms with Crippen LogP contribution in [0.3, 0.4) is 0 Å². The summed E-state index contributed by atoms with van der Waals surface area (Å²) in [6, 6.07) is 8.12. The van der Waals surface area contributed by atoms with Crippen molar-refractivity contribution in [3.63, 3.8) is 0 Å². The van der Waals surface area contributed by atoms with E-state index < -0.39 is 0 Å². The summed E-state index contributed by atoms with van der Waals surface area (Å²) in [6.45, 7) is 5.08. The minimum absolute atomic E-state index is 0.0409. The first-order chi connectivity index (χ1) is 10.2. The van der Waals surface area contributed by atoms with E-state index in [1.165, 1.54) is 0 Å². The summed E-state index contributed by atoms with van der Waals surface area (Å²) in [5, 5.41) is 3.12. The Morgan fingerprint density at radius 1 is 1.38 bits per heavy atom. The van der Waals surface area contributed by atoms with Crippen LogP contribution in [-0.2, 0) is 4.74 Å². The van der Waals surface area contributed by atoms with Crippen LogP contribution in [0.1, 0.15) is 49.9 Å². The van der Waals surface area contributed by atoms with E-state index in [4.69, 9.17) is 4.74 Å². The first kappa shape index (κ1) is 16.4. The van der Waals surface area contributed by atoms with Crippen molar-refractivity contribution in [2.75, 3.05) is 12.4 Å². The second kappa shape index (κ2) is 8.44. The van der Waals surface area contributed by atoms with E-state index in [2.05, 4.69) is 19.2 Å². The Hall–Kier alpha value is -1.00. The molecule has 0 aromatic heterocycles. The molecule has 1 aliphatic rings. The average Bonchev–Trinajstić information content (AvgIpc) is 3.04. The van der Waals surface area contributed by atoms with Crippen LogP contribution >= 0.6 is 11.8 Å². The SMILES string of the molecule is CCC(CC)NC(=O)c1ccccc1SCC1CCCO1. The van der Waals surface area contributed by atoms with Gasteiger partial charge in [0.15, 0.2) is 0 Å². The van der Waals surface area contributed by atoms with Crippen LogP contribution in [0.25, 0.3) is 0 Å². The zero-order chi connectivity index (χ0) is 15.1.